The quantitative estimate of drug-likeness (QED) is 0.795. The first-order chi connectivity index (χ1) is 9.25. The second kappa shape index (κ2) is 5.61. The molecule has 1 aromatic carbocycles. The van der Waals surface area contributed by atoms with Crippen molar-refractivity contribution in [1.29, 1.82) is 0 Å². The Morgan fingerprint density at radius 1 is 1.32 bits per heavy atom. The van der Waals surface area contributed by atoms with Crippen molar-refractivity contribution in [2.45, 2.75) is 31.3 Å². The highest BCUT2D eigenvalue weighted by molar-refractivity contribution is 5.36. The van der Waals surface area contributed by atoms with Crippen LogP contribution in [-0.2, 0) is 11.2 Å². The standard InChI is InChI=1S/C16H24N2O/c1-18(8-9-19-11-12-6-7-12)15-10-13-4-2-3-5-14(13)16(15)17/h2-5,12,15-16H,6-11,17H2,1H3. The Morgan fingerprint density at radius 3 is 2.84 bits per heavy atom. The molecule has 3 nitrogen and oxygen atoms in total. The van der Waals surface area contributed by atoms with Crippen LogP contribution in [0.1, 0.15) is 30.0 Å². The molecule has 19 heavy (non-hydrogen) atoms. The van der Waals surface area contributed by atoms with E-state index in [1.807, 2.05) is 0 Å². The topological polar surface area (TPSA) is 38.5 Å². The van der Waals surface area contributed by atoms with Crippen molar-refractivity contribution in [1.82, 2.24) is 4.90 Å². The normalized spacial score (nSPS) is 25.8. The molecule has 0 aliphatic heterocycles. The van der Waals surface area contributed by atoms with Gasteiger partial charge in [0.2, 0.25) is 0 Å². The van der Waals surface area contributed by atoms with Crippen molar-refractivity contribution in [3.63, 3.8) is 0 Å². The lowest BCUT2D eigenvalue weighted by atomic mass is 10.1. The molecule has 104 valence electrons. The van der Waals surface area contributed by atoms with Crippen LogP contribution in [0.4, 0.5) is 0 Å². The number of fused-ring (bicyclic) bond motifs is 1. The molecule has 2 aliphatic carbocycles. The maximum Gasteiger partial charge on any atom is 0.0593 e. The summed E-state index contributed by atoms with van der Waals surface area (Å²) in [7, 11) is 2.16. The molecular formula is C16H24N2O. The Morgan fingerprint density at radius 2 is 2.11 bits per heavy atom. The van der Waals surface area contributed by atoms with Crippen LogP contribution in [0.15, 0.2) is 24.3 Å². The van der Waals surface area contributed by atoms with Crippen molar-refractivity contribution in [2.75, 3.05) is 26.8 Å². The van der Waals surface area contributed by atoms with Gasteiger partial charge in [-0.2, -0.15) is 0 Å². The third-order valence-electron chi connectivity index (χ3n) is 4.46. The van der Waals surface area contributed by atoms with Crippen molar-refractivity contribution >= 4 is 0 Å². The number of nitrogens with two attached hydrogens (primary N) is 1. The molecule has 0 bridgehead atoms. The lowest BCUT2D eigenvalue weighted by Gasteiger charge is -2.27. The first-order valence-electron chi connectivity index (χ1n) is 7.37. The fourth-order valence-corrected chi connectivity index (χ4v) is 2.94. The number of hydrogen-bond acceptors (Lipinski definition) is 3. The first kappa shape index (κ1) is 13.1. The molecule has 0 radical (unpaired) electrons. The maximum atomic E-state index is 6.37. The van der Waals surface area contributed by atoms with Crippen LogP contribution < -0.4 is 5.73 Å². The van der Waals surface area contributed by atoms with Gasteiger partial charge in [0, 0.05) is 25.2 Å². The molecule has 1 saturated carbocycles. The molecule has 3 heteroatoms. The zero-order valence-corrected chi connectivity index (χ0v) is 11.7. The number of benzene rings is 1. The minimum atomic E-state index is 0.143. The number of likely N-dealkylation sites (N-methyl/N-ethyl adjacent to an activating group) is 1. The van der Waals surface area contributed by atoms with Gasteiger partial charge in [-0.25, -0.2) is 0 Å². The van der Waals surface area contributed by atoms with Crippen LogP contribution in [-0.4, -0.2) is 37.7 Å². The van der Waals surface area contributed by atoms with Crippen LogP contribution in [0, 0.1) is 5.92 Å². The monoisotopic (exact) mass is 260 g/mol. The molecule has 2 unspecified atom stereocenters. The summed E-state index contributed by atoms with van der Waals surface area (Å²) in [6, 6.07) is 9.11. The van der Waals surface area contributed by atoms with Crippen LogP contribution in [0.2, 0.25) is 0 Å². The predicted octanol–water partition coefficient (Wildman–Crippen LogP) is 1.97. The highest BCUT2D eigenvalue weighted by Gasteiger charge is 2.31. The molecule has 1 aromatic rings. The molecule has 1 fully saturated rings. The minimum Gasteiger partial charge on any atom is -0.380 e. The number of rotatable bonds is 6. The molecule has 0 spiro atoms. The van der Waals surface area contributed by atoms with Crippen LogP contribution in [0.25, 0.3) is 0 Å². The maximum absolute atomic E-state index is 6.37. The third kappa shape index (κ3) is 2.99. The van der Waals surface area contributed by atoms with E-state index in [1.165, 1.54) is 24.0 Å². The lowest BCUT2D eigenvalue weighted by Crippen LogP contribution is -2.40. The molecular weight excluding hydrogens is 236 g/mol. The molecule has 2 atom stereocenters. The first-order valence-corrected chi connectivity index (χ1v) is 7.37. The van der Waals surface area contributed by atoms with Gasteiger partial charge in [0.25, 0.3) is 0 Å². The SMILES string of the molecule is CN(CCOCC1CC1)C1Cc2ccccc2C1N. The largest absolute Gasteiger partial charge is 0.380 e. The molecule has 2 aliphatic rings. The highest BCUT2D eigenvalue weighted by Crippen LogP contribution is 2.32. The highest BCUT2D eigenvalue weighted by atomic mass is 16.5. The Kier molecular flexibility index (Phi) is 3.87. The van der Waals surface area contributed by atoms with Crippen molar-refractivity contribution < 1.29 is 4.74 Å². The lowest BCUT2D eigenvalue weighted by molar-refractivity contribution is 0.0886. The van der Waals surface area contributed by atoms with Gasteiger partial charge in [-0.3, -0.25) is 4.90 Å². The van der Waals surface area contributed by atoms with E-state index in [0.29, 0.717) is 6.04 Å². The van der Waals surface area contributed by atoms with Crippen molar-refractivity contribution in [3.8, 4) is 0 Å². The molecule has 0 heterocycles. The van der Waals surface area contributed by atoms with E-state index in [2.05, 4.69) is 36.2 Å². The summed E-state index contributed by atoms with van der Waals surface area (Å²) in [6.07, 6.45) is 3.79. The van der Waals surface area contributed by atoms with Gasteiger partial charge >= 0.3 is 0 Å². The summed E-state index contributed by atoms with van der Waals surface area (Å²) in [5.41, 5.74) is 9.10. The summed E-state index contributed by atoms with van der Waals surface area (Å²) < 4.78 is 5.72. The Balaban J connectivity index is 1.49. The van der Waals surface area contributed by atoms with Gasteiger partial charge in [-0.05, 0) is 43.4 Å². The Labute approximate surface area is 115 Å². The molecule has 2 N–H and O–H groups in total. The van der Waals surface area contributed by atoms with Crippen LogP contribution >= 0.6 is 0 Å². The van der Waals surface area contributed by atoms with Gasteiger partial charge in [-0.15, -0.1) is 0 Å². The zero-order chi connectivity index (χ0) is 13.2. The van der Waals surface area contributed by atoms with Crippen LogP contribution in [0.5, 0.6) is 0 Å². The smallest absolute Gasteiger partial charge is 0.0593 e. The number of nitrogens with zero attached hydrogens (tertiary/aromatic N) is 1. The van der Waals surface area contributed by atoms with E-state index < -0.39 is 0 Å². The predicted molar refractivity (Wildman–Crippen MR) is 77.0 cm³/mol. The van der Waals surface area contributed by atoms with E-state index >= 15 is 0 Å². The average molecular weight is 260 g/mol. The second-order valence-corrected chi connectivity index (χ2v) is 5.99. The fraction of sp³-hybridized carbons (Fsp3) is 0.625. The van der Waals surface area contributed by atoms with E-state index in [-0.39, 0.29) is 6.04 Å². The third-order valence-corrected chi connectivity index (χ3v) is 4.46. The van der Waals surface area contributed by atoms with Gasteiger partial charge < -0.3 is 10.5 Å². The summed E-state index contributed by atoms with van der Waals surface area (Å²) in [4.78, 5) is 2.36. The fourth-order valence-electron chi connectivity index (χ4n) is 2.94. The number of hydrogen-bond donors (Lipinski definition) is 1. The van der Waals surface area contributed by atoms with Gasteiger partial charge in [0.05, 0.1) is 6.61 Å². The summed E-state index contributed by atoms with van der Waals surface area (Å²) in [5.74, 6) is 0.850. The molecule has 0 aromatic heterocycles. The van der Waals surface area contributed by atoms with E-state index in [1.54, 1.807) is 0 Å². The molecule has 0 saturated heterocycles. The molecule has 3 rings (SSSR count). The Hall–Kier alpha value is -0.900. The summed E-state index contributed by atoms with van der Waals surface area (Å²) >= 11 is 0. The van der Waals surface area contributed by atoms with Crippen molar-refractivity contribution in [2.24, 2.45) is 11.7 Å². The second-order valence-electron chi connectivity index (χ2n) is 5.99. The van der Waals surface area contributed by atoms with E-state index in [4.69, 9.17) is 10.5 Å². The Bertz CT molecular complexity index is 431. The summed E-state index contributed by atoms with van der Waals surface area (Å²) in [5, 5.41) is 0. The average Bonchev–Trinajstić information content (AvgIpc) is 3.19. The summed E-state index contributed by atoms with van der Waals surface area (Å²) in [6.45, 7) is 2.75. The van der Waals surface area contributed by atoms with Gasteiger partial charge in [-0.1, -0.05) is 24.3 Å². The number of ether oxygens (including phenoxy) is 1. The van der Waals surface area contributed by atoms with Crippen molar-refractivity contribution in [3.05, 3.63) is 35.4 Å². The van der Waals surface area contributed by atoms with Crippen LogP contribution in [0.3, 0.4) is 0 Å². The zero-order valence-electron chi connectivity index (χ0n) is 11.7. The van der Waals surface area contributed by atoms with E-state index in [9.17, 15) is 0 Å². The van der Waals surface area contributed by atoms with Gasteiger partial charge in [0.15, 0.2) is 0 Å². The van der Waals surface area contributed by atoms with E-state index in [0.717, 1.165) is 32.1 Å². The molecule has 0 amide bonds. The van der Waals surface area contributed by atoms with Gasteiger partial charge in [0.1, 0.15) is 0 Å². The minimum absolute atomic E-state index is 0.143.